The lowest BCUT2D eigenvalue weighted by Crippen LogP contribution is -2.20. The van der Waals surface area contributed by atoms with Crippen LogP contribution in [0.25, 0.3) is 0 Å². The summed E-state index contributed by atoms with van der Waals surface area (Å²) in [7, 11) is 2.56. The summed E-state index contributed by atoms with van der Waals surface area (Å²) >= 11 is 0. The third kappa shape index (κ3) is 4.51. The number of methoxy groups -OCH3 is 3. The van der Waals surface area contributed by atoms with Crippen LogP contribution in [0.4, 0.5) is 0 Å². The lowest BCUT2D eigenvalue weighted by atomic mass is 10.2. The molecule has 0 amide bonds. The summed E-state index contributed by atoms with van der Waals surface area (Å²) in [5.74, 6) is 1.28. The van der Waals surface area contributed by atoms with Crippen LogP contribution in [0, 0.1) is 0 Å². The Labute approximate surface area is 111 Å². The molecule has 7 nitrogen and oxygen atoms in total. The largest absolute Gasteiger partial charge is 0.707 e. The molecule has 0 bridgehead atoms. The number of ether oxygens (including phenoxy) is 4. The third-order valence-electron chi connectivity index (χ3n) is 2.21. The van der Waals surface area contributed by atoms with Crippen LogP contribution in [0.1, 0.15) is 0 Å². The molecule has 0 atom stereocenters. The predicted octanol–water partition coefficient (Wildman–Crippen LogP) is 0.0773. The molecule has 0 aliphatic heterocycles. The summed E-state index contributed by atoms with van der Waals surface area (Å²) < 4.78 is 25.4. The van der Waals surface area contributed by atoms with Crippen molar-refractivity contribution in [1.82, 2.24) is 0 Å². The predicted molar refractivity (Wildman–Crippen MR) is 67.7 cm³/mol. The zero-order valence-electron chi connectivity index (χ0n) is 11.1. The molecule has 19 heavy (non-hydrogen) atoms. The molecule has 0 aliphatic carbocycles. The minimum Gasteiger partial charge on any atom is -0.512 e. The molecule has 0 aliphatic rings. The van der Waals surface area contributed by atoms with Crippen LogP contribution < -0.4 is 18.9 Å². The van der Waals surface area contributed by atoms with Gasteiger partial charge in [-0.2, -0.15) is 0 Å². The van der Waals surface area contributed by atoms with Crippen molar-refractivity contribution in [2.45, 2.75) is 0 Å². The van der Waals surface area contributed by atoms with Crippen molar-refractivity contribution in [3.05, 3.63) is 12.1 Å². The summed E-state index contributed by atoms with van der Waals surface area (Å²) in [6, 6.07) is 2.92. The minimum atomic E-state index is -1.92. The van der Waals surface area contributed by atoms with Crippen LogP contribution in [0.2, 0.25) is 0 Å². The SMILES string of the molecule is COCCOc1c(OC)cc(OB(O)O)cc1OC. The van der Waals surface area contributed by atoms with Crippen molar-refractivity contribution in [1.29, 1.82) is 0 Å². The van der Waals surface area contributed by atoms with E-state index >= 15 is 0 Å². The monoisotopic (exact) mass is 272 g/mol. The molecule has 2 N–H and O–H groups in total. The van der Waals surface area contributed by atoms with E-state index in [9.17, 15) is 0 Å². The Kier molecular flexibility index (Phi) is 6.27. The molecule has 0 unspecified atom stereocenters. The first-order valence-electron chi connectivity index (χ1n) is 5.53. The topological polar surface area (TPSA) is 86.6 Å². The first-order valence-corrected chi connectivity index (χ1v) is 5.53. The van der Waals surface area contributed by atoms with Gasteiger partial charge in [0.15, 0.2) is 11.5 Å². The van der Waals surface area contributed by atoms with Crippen molar-refractivity contribution < 1.29 is 33.6 Å². The van der Waals surface area contributed by atoms with Gasteiger partial charge in [0.1, 0.15) is 12.4 Å². The van der Waals surface area contributed by atoms with E-state index in [1.807, 2.05) is 0 Å². The van der Waals surface area contributed by atoms with Gasteiger partial charge in [0, 0.05) is 19.2 Å². The second-order valence-corrected chi connectivity index (χ2v) is 3.44. The Bertz CT molecular complexity index is 372. The lowest BCUT2D eigenvalue weighted by Gasteiger charge is -2.16. The Hall–Kier alpha value is -1.64. The molecule has 1 rings (SSSR count). The van der Waals surface area contributed by atoms with Crippen molar-refractivity contribution in [2.75, 3.05) is 34.5 Å². The third-order valence-corrected chi connectivity index (χ3v) is 2.21. The van der Waals surface area contributed by atoms with E-state index in [4.69, 9.17) is 33.6 Å². The maximum absolute atomic E-state index is 8.78. The van der Waals surface area contributed by atoms with Gasteiger partial charge in [-0.15, -0.1) is 0 Å². The Morgan fingerprint density at radius 2 is 1.58 bits per heavy atom. The first-order chi connectivity index (χ1) is 9.12. The maximum Gasteiger partial charge on any atom is 0.707 e. The smallest absolute Gasteiger partial charge is 0.512 e. The van der Waals surface area contributed by atoms with Gasteiger partial charge in [-0.3, -0.25) is 0 Å². The highest BCUT2D eigenvalue weighted by atomic mass is 16.6. The van der Waals surface area contributed by atoms with E-state index in [-0.39, 0.29) is 5.75 Å². The second kappa shape index (κ2) is 7.72. The van der Waals surface area contributed by atoms with Crippen LogP contribution in [0.5, 0.6) is 23.0 Å². The molecule has 0 heterocycles. The summed E-state index contributed by atoms with van der Waals surface area (Å²) in [6.45, 7) is 0.742. The fourth-order valence-corrected chi connectivity index (χ4v) is 1.41. The summed E-state index contributed by atoms with van der Waals surface area (Å²) in [5.41, 5.74) is 0. The van der Waals surface area contributed by atoms with Gasteiger partial charge in [0.25, 0.3) is 0 Å². The molecule has 0 radical (unpaired) electrons. The van der Waals surface area contributed by atoms with Crippen LogP contribution in [0.3, 0.4) is 0 Å². The highest BCUT2D eigenvalue weighted by molar-refractivity contribution is 6.33. The normalized spacial score (nSPS) is 9.95. The molecule has 106 valence electrons. The second-order valence-electron chi connectivity index (χ2n) is 3.44. The van der Waals surface area contributed by atoms with Gasteiger partial charge in [0.05, 0.1) is 20.8 Å². The van der Waals surface area contributed by atoms with E-state index < -0.39 is 7.32 Å². The van der Waals surface area contributed by atoms with Gasteiger partial charge in [-0.1, -0.05) is 0 Å². The van der Waals surface area contributed by atoms with Crippen molar-refractivity contribution in [3.63, 3.8) is 0 Å². The molecule has 0 saturated heterocycles. The Balaban J connectivity index is 2.99. The van der Waals surface area contributed by atoms with Gasteiger partial charge in [0.2, 0.25) is 5.75 Å². The fourth-order valence-electron chi connectivity index (χ4n) is 1.41. The highest BCUT2D eigenvalue weighted by Gasteiger charge is 2.18. The van der Waals surface area contributed by atoms with Gasteiger partial charge >= 0.3 is 7.32 Å². The van der Waals surface area contributed by atoms with Crippen molar-refractivity contribution >= 4 is 7.32 Å². The van der Waals surface area contributed by atoms with Crippen LogP contribution in [-0.2, 0) is 4.74 Å². The summed E-state index contributed by atoms with van der Waals surface area (Å²) in [4.78, 5) is 0. The quantitative estimate of drug-likeness (QED) is 0.511. The molecule has 0 aromatic heterocycles. The number of rotatable bonds is 8. The van der Waals surface area contributed by atoms with E-state index in [1.54, 1.807) is 7.11 Å². The van der Waals surface area contributed by atoms with Crippen molar-refractivity contribution in [3.8, 4) is 23.0 Å². The fraction of sp³-hybridized carbons (Fsp3) is 0.455. The molecule has 0 spiro atoms. The Morgan fingerprint density at radius 3 is 2.00 bits per heavy atom. The first kappa shape index (κ1) is 15.4. The standard InChI is InChI=1S/C11H17BO7/c1-15-4-5-18-11-9(16-2)6-8(19-12(13)14)7-10(11)17-3/h6-7,13-14H,4-5H2,1-3H3. The Morgan fingerprint density at radius 1 is 1.00 bits per heavy atom. The molecule has 8 heteroatoms. The van der Waals surface area contributed by atoms with Crippen LogP contribution >= 0.6 is 0 Å². The molecule has 0 fully saturated rings. The number of hydrogen-bond acceptors (Lipinski definition) is 7. The zero-order valence-corrected chi connectivity index (χ0v) is 11.1. The van der Waals surface area contributed by atoms with Gasteiger partial charge < -0.3 is 33.6 Å². The van der Waals surface area contributed by atoms with E-state index in [0.29, 0.717) is 30.5 Å². The van der Waals surface area contributed by atoms with Crippen molar-refractivity contribution in [2.24, 2.45) is 0 Å². The van der Waals surface area contributed by atoms with E-state index in [2.05, 4.69) is 0 Å². The molecule has 1 aromatic rings. The van der Waals surface area contributed by atoms with Crippen LogP contribution in [0.15, 0.2) is 12.1 Å². The lowest BCUT2D eigenvalue weighted by molar-refractivity contribution is 0.142. The summed E-state index contributed by atoms with van der Waals surface area (Å²) in [6.07, 6.45) is 0. The maximum atomic E-state index is 8.78. The van der Waals surface area contributed by atoms with E-state index in [0.717, 1.165) is 0 Å². The average molecular weight is 272 g/mol. The number of hydrogen-bond donors (Lipinski definition) is 2. The average Bonchev–Trinajstić information content (AvgIpc) is 2.38. The molecule has 1 aromatic carbocycles. The molecular formula is C11H17BO7. The zero-order chi connectivity index (χ0) is 14.3. The molecule has 0 saturated carbocycles. The minimum absolute atomic E-state index is 0.183. The highest BCUT2D eigenvalue weighted by Crippen LogP contribution is 2.41. The molecular weight excluding hydrogens is 255 g/mol. The van der Waals surface area contributed by atoms with Gasteiger partial charge in [-0.05, 0) is 0 Å². The van der Waals surface area contributed by atoms with Crippen LogP contribution in [-0.4, -0.2) is 51.9 Å². The van der Waals surface area contributed by atoms with Gasteiger partial charge in [-0.25, -0.2) is 0 Å². The van der Waals surface area contributed by atoms with E-state index in [1.165, 1.54) is 26.4 Å². The summed E-state index contributed by atoms with van der Waals surface area (Å²) in [5, 5.41) is 17.6. The number of benzene rings is 1.